The van der Waals surface area contributed by atoms with Gasteiger partial charge >= 0.3 is 0 Å². The molecule has 7 nitrogen and oxygen atoms in total. The van der Waals surface area contributed by atoms with Crippen molar-refractivity contribution in [3.8, 4) is 62.0 Å². The molecule has 3 aromatic heterocycles. The largest absolute Gasteiger partial charge is 0.507 e. The standard InChI is InChI=1S/C59H70N6OSi2/c1-56(2,3)39-31-44(52(66)45(32-39)57(4,5)6)53-61-51-42(24-21-25-49(51)64(53)48-27-26-40(67(12,13)14)33-43(48)36-22-19-18-20-23-36)37-28-38(30-41(29-37)68(15,16)17)47-34-50-46(35-60-47)59(10,11)55-63-62-54(65(50)55)58(7,8)9/h18-35,66H,1-17H3. The van der Waals surface area contributed by atoms with Crippen molar-refractivity contribution in [3.63, 3.8) is 0 Å². The van der Waals surface area contributed by atoms with Gasteiger partial charge in [0.25, 0.3) is 0 Å². The highest BCUT2D eigenvalue weighted by molar-refractivity contribution is 6.89. The van der Waals surface area contributed by atoms with Crippen molar-refractivity contribution in [3.05, 3.63) is 138 Å². The zero-order valence-corrected chi connectivity index (χ0v) is 45.5. The summed E-state index contributed by atoms with van der Waals surface area (Å²) in [5, 5.41) is 24.8. The summed E-state index contributed by atoms with van der Waals surface area (Å²) in [5.74, 6) is 2.88. The first kappa shape index (κ1) is 47.2. The molecule has 0 amide bonds. The van der Waals surface area contributed by atoms with E-state index in [1.165, 1.54) is 10.4 Å². The van der Waals surface area contributed by atoms with Crippen LogP contribution in [-0.2, 0) is 21.7 Å². The highest BCUT2D eigenvalue weighted by Crippen LogP contribution is 2.47. The Morgan fingerprint density at radius 2 is 1.24 bits per heavy atom. The number of phenols is 1. The van der Waals surface area contributed by atoms with Crippen molar-refractivity contribution >= 4 is 37.6 Å². The van der Waals surface area contributed by atoms with E-state index in [4.69, 9.17) is 20.2 Å². The van der Waals surface area contributed by atoms with Crippen molar-refractivity contribution in [2.45, 2.75) is 137 Å². The molecule has 5 aromatic carbocycles. The average molecular weight is 935 g/mol. The summed E-state index contributed by atoms with van der Waals surface area (Å²) in [5.41, 5.74) is 13.2. The molecule has 0 saturated heterocycles. The van der Waals surface area contributed by atoms with Crippen LogP contribution >= 0.6 is 0 Å². The van der Waals surface area contributed by atoms with Crippen LogP contribution in [0.25, 0.3) is 67.3 Å². The van der Waals surface area contributed by atoms with E-state index in [1.807, 2.05) is 0 Å². The lowest BCUT2D eigenvalue weighted by atomic mass is 9.79. The Morgan fingerprint density at radius 3 is 1.87 bits per heavy atom. The number of hydrogen-bond acceptors (Lipinski definition) is 5. The minimum Gasteiger partial charge on any atom is -0.507 e. The first-order valence-electron chi connectivity index (χ1n) is 24.3. The summed E-state index contributed by atoms with van der Waals surface area (Å²) in [6, 6.07) is 38.0. The molecule has 0 atom stereocenters. The Labute approximate surface area is 406 Å². The predicted molar refractivity (Wildman–Crippen MR) is 291 cm³/mol. The number of rotatable bonds is 7. The third-order valence-corrected chi connectivity index (χ3v) is 18.1. The van der Waals surface area contributed by atoms with E-state index >= 15 is 0 Å². The van der Waals surface area contributed by atoms with Gasteiger partial charge < -0.3 is 5.11 Å². The minimum absolute atomic E-state index is 0.183. The number of imidazole rings is 1. The first-order chi connectivity index (χ1) is 31.5. The summed E-state index contributed by atoms with van der Waals surface area (Å²) in [7, 11) is -3.62. The second kappa shape index (κ2) is 15.8. The number of fused-ring (bicyclic) bond motifs is 4. The molecule has 0 saturated carbocycles. The molecule has 4 heterocycles. The molecule has 1 N–H and O–H groups in total. The highest BCUT2D eigenvalue weighted by Gasteiger charge is 2.42. The van der Waals surface area contributed by atoms with Crippen LogP contribution in [-0.4, -0.2) is 50.6 Å². The third kappa shape index (κ3) is 8.09. The summed E-state index contributed by atoms with van der Waals surface area (Å²) in [4.78, 5) is 11.0. The quantitative estimate of drug-likeness (QED) is 0.161. The fourth-order valence-corrected chi connectivity index (χ4v) is 12.1. The maximum absolute atomic E-state index is 12.6. The highest BCUT2D eigenvalue weighted by atomic mass is 28.3. The maximum Gasteiger partial charge on any atom is 0.149 e. The summed E-state index contributed by atoms with van der Waals surface area (Å²) in [6.45, 7) is 38.8. The molecule has 0 unspecified atom stereocenters. The van der Waals surface area contributed by atoms with Gasteiger partial charge in [-0.3, -0.25) is 14.1 Å². The lowest BCUT2D eigenvalue weighted by Gasteiger charge is -2.28. The van der Waals surface area contributed by atoms with Crippen LogP contribution < -0.4 is 10.4 Å². The third-order valence-electron chi connectivity index (χ3n) is 14.0. The molecule has 9 rings (SSSR count). The Bertz CT molecular complexity index is 3290. The fraction of sp³-hybridized carbons (Fsp3) is 0.356. The van der Waals surface area contributed by atoms with E-state index in [0.717, 1.165) is 89.8 Å². The lowest BCUT2D eigenvalue weighted by Crippen LogP contribution is -2.37. The molecular formula is C59H70N6OSi2. The van der Waals surface area contributed by atoms with Crippen molar-refractivity contribution in [2.75, 3.05) is 0 Å². The molecule has 1 aliphatic rings. The zero-order valence-electron chi connectivity index (χ0n) is 43.5. The number of aromatic nitrogens is 6. The molecule has 1 aliphatic heterocycles. The van der Waals surface area contributed by atoms with Gasteiger partial charge in [0.2, 0.25) is 0 Å². The number of para-hydroxylation sites is 1. The number of pyridine rings is 1. The molecule has 0 radical (unpaired) electrons. The van der Waals surface area contributed by atoms with E-state index in [2.05, 4.69) is 234 Å². The normalized spacial score (nSPS) is 14.1. The van der Waals surface area contributed by atoms with E-state index in [1.54, 1.807) is 0 Å². The summed E-state index contributed by atoms with van der Waals surface area (Å²) < 4.78 is 4.59. The number of phenolic OH excluding ortho intramolecular Hbond substituents is 1. The van der Waals surface area contributed by atoms with E-state index in [0.29, 0.717) is 5.82 Å². The monoisotopic (exact) mass is 935 g/mol. The number of hydrogen-bond donors (Lipinski definition) is 1. The molecule has 68 heavy (non-hydrogen) atoms. The topological polar surface area (TPSA) is 81.7 Å². The van der Waals surface area contributed by atoms with Gasteiger partial charge in [0, 0.05) is 39.4 Å². The van der Waals surface area contributed by atoms with Crippen molar-refractivity contribution < 1.29 is 5.11 Å². The van der Waals surface area contributed by atoms with Gasteiger partial charge in [0.05, 0.1) is 55.2 Å². The molecule has 0 aliphatic carbocycles. The molecule has 9 heteroatoms. The minimum atomic E-state index is -1.89. The van der Waals surface area contributed by atoms with Crippen LogP contribution in [0, 0.1) is 0 Å². The van der Waals surface area contributed by atoms with Gasteiger partial charge in [0.1, 0.15) is 23.2 Å². The first-order valence-corrected chi connectivity index (χ1v) is 31.3. The van der Waals surface area contributed by atoms with Crippen molar-refractivity contribution in [1.82, 2.24) is 29.3 Å². The Hall–Kier alpha value is -5.91. The number of aromatic hydroxyl groups is 1. The molecule has 350 valence electrons. The molecule has 0 fully saturated rings. The van der Waals surface area contributed by atoms with Crippen LogP contribution in [0.4, 0.5) is 0 Å². The maximum atomic E-state index is 12.6. The molecule has 0 spiro atoms. The van der Waals surface area contributed by atoms with Crippen molar-refractivity contribution in [1.29, 1.82) is 0 Å². The van der Waals surface area contributed by atoms with Crippen molar-refractivity contribution in [2.24, 2.45) is 0 Å². The van der Waals surface area contributed by atoms with Gasteiger partial charge in [-0.25, -0.2) is 4.98 Å². The number of nitrogens with zero attached hydrogens (tertiary/aromatic N) is 6. The van der Waals surface area contributed by atoms with Crippen LogP contribution in [0.3, 0.4) is 0 Å². The Balaban J connectivity index is 1.35. The Morgan fingerprint density at radius 1 is 0.559 bits per heavy atom. The van der Waals surface area contributed by atoms with Gasteiger partial charge in [-0.1, -0.05) is 185 Å². The van der Waals surface area contributed by atoms with E-state index in [9.17, 15) is 5.11 Å². The molecular weight excluding hydrogens is 865 g/mol. The van der Waals surface area contributed by atoms with E-state index < -0.39 is 16.1 Å². The summed E-state index contributed by atoms with van der Waals surface area (Å²) >= 11 is 0. The van der Waals surface area contributed by atoms with Gasteiger partial charge in [0.15, 0.2) is 0 Å². The van der Waals surface area contributed by atoms with Crippen LogP contribution in [0.1, 0.15) is 105 Å². The second-order valence-electron chi connectivity index (χ2n) is 24.9. The lowest BCUT2D eigenvalue weighted by molar-refractivity contribution is 0.446. The number of benzene rings is 5. The smallest absolute Gasteiger partial charge is 0.149 e. The molecule has 0 bridgehead atoms. The second-order valence-corrected chi connectivity index (χ2v) is 35.1. The van der Waals surface area contributed by atoms with Gasteiger partial charge in [-0.15, -0.1) is 10.2 Å². The van der Waals surface area contributed by atoms with Crippen LogP contribution in [0.15, 0.2) is 109 Å². The van der Waals surface area contributed by atoms with Crippen LogP contribution in [0.2, 0.25) is 39.3 Å². The summed E-state index contributed by atoms with van der Waals surface area (Å²) in [6.07, 6.45) is 2.06. The van der Waals surface area contributed by atoms with E-state index in [-0.39, 0.29) is 27.4 Å². The van der Waals surface area contributed by atoms with Gasteiger partial charge in [-0.05, 0) is 71.7 Å². The predicted octanol–water partition coefficient (Wildman–Crippen LogP) is 14.0. The molecule has 8 aromatic rings. The van der Waals surface area contributed by atoms with Gasteiger partial charge in [-0.2, -0.15) is 0 Å². The average Bonchev–Trinajstić information content (AvgIpc) is 3.94. The zero-order chi connectivity index (χ0) is 49.3. The SMILES string of the molecule is CC(C)(C)c1cc(-c2nc3c(-c4cc(-c5cc6c(cn5)C(C)(C)c5nnc(C(C)(C)C)n5-6)cc([Si](C)(C)C)c4)cccc3n2-c2ccc([Si](C)(C)C)cc2-c2ccccc2)c(O)c(C(C)(C)C)c1. The fourth-order valence-electron chi connectivity index (χ4n) is 9.77. The van der Waals surface area contributed by atoms with Crippen LogP contribution in [0.5, 0.6) is 5.75 Å². The Kier molecular flexibility index (Phi) is 11.0.